The highest BCUT2D eigenvalue weighted by Gasteiger charge is 2.30. The lowest BCUT2D eigenvalue weighted by Gasteiger charge is -2.27. The molecule has 2 amide bonds. The van der Waals surface area contributed by atoms with Crippen molar-refractivity contribution in [3.05, 3.63) is 59.2 Å². The number of carbonyl (C=O) groups excluding carboxylic acids is 3. The highest BCUT2D eigenvalue weighted by atomic mass is 16.5. The van der Waals surface area contributed by atoms with Crippen molar-refractivity contribution < 1.29 is 19.1 Å². The first-order valence-electron chi connectivity index (χ1n) is 8.82. The van der Waals surface area contributed by atoms with Crippen molar-refractivity contribution in [2.75, 3.05) is 16.8 Å². The molecule has 1 N–H and O–H groups in total. The van der Waals surface area contributed by atoms with Gasteiger partial charge in [0.05, 0.1) is 16.9 Å². The lowest BCUT2D eigenvalue weighted by molar-refractivity contribution is -0.122. The second-order valence-corrected chi connectivity index (χ2v) is 6.78. The van der Waals surface area contributed by atoms with Crippen LogP contribution in [-0.4, -0.2) is 30.4 Å². The maximum absolute atomic E-state index is 12.8. The van der Waals surface area contributed by atoms with Gasteiger partial charge in [0, 0.05) is 12.5 Å². The molecule has 0 aromatic heterocycles. The third kappa shape index (κ3) is 4.00. The van der Waals surface area contributed by atoms with Gasteiger partial charge in [0.25, 0.3) is 5.91 Å². The third-order valence-electron chi connectivity index (χ3n) is 4.56. The van der Waals surface area contributed by atoms with E-state index in [4.69, 9.17) is 4.74 Å². The Hall–Kier alpha value is -3.15. The van der Waals surface area contributed by atoms with Crippen LogP contribution >= 0.6 is 0 Å². The molecule has 0 saturated heterocycles. The van der Waals surface area contributed by atoms with Crippen molar-refractivity contribution in [2.45, 2.75) is 33.2 Å². The summed E-state index contributed by atoms with van der Waals surface area (Å²) >= 11 is 0. The van der Waals surface area contributed by atoms with Crippen molar-refractivity contribution >= 4 is 29.2 Å². The van der Waals surface area contributed by atoms with Crippen molar-refractivity contribution in [1.82, 2.24) is 0 Å². The van der Waals surface area contributed by atoms with Gasteiger partial charge < -0.3 is 15.0 Å². The first-order valence-corrected chi connectivity index (χ1v) is 8.82. The Morgan fingerprint density at radius 2 is 1.93 bits per heavy atom. The largest absolute Gasteiger partial charge is 0.452 e. The number of amides is 2. The van der Waals surface area contributed by atoms with Gasteiger partial charge in [0.15, 0.2) is 6.61 Å². The molecule has 1 heterocycles. The molecule has 6 nitrogen and oxygen atoms in total. The molecule has 6 heteroatoms. The summed E-state index contributed by atoms with van der Waals surface area (Å²) in [6, 6.07) is 12.2. The number of aryl methyl sites for hydroxylation is 2. The normalized spacial score (nSPS) is 16.2. The molecular weight excluding hydrogens is 344 g/mol. The van der Waals surface area contributed by atoms with Crippen molar-refractivity contribution in [1.29, 1.82) is 0 Å². The first kappa shape index (κ1) is 18.6. The van der Waals surface area contributed by atoms with E-state index < -0.39 is 5.97 Å². The number of hydrogen-bond donors (Lipinski definition) is 1. The van der Waals surface area contributed by atoms with Gasteiger partial charge in [0.2, 0.25) is 5.91 Å². The fourth-order valence-electron chi connectivity index (χ4n) is 3.29. The van der Waals surface area contributed by atoms with Crippen molar-refractivity contribution in [3.8, 4) is 0 Å². The minimum absolute atomic E-state index is 0.155. The quantitative estimate of drug-likeness (QED) is 0.847. The van der Waals surface area contributed by atoms with Gasteiger partial charge in [-0.2, -0.15) is 0 Å². The number of rotatable bonds is 3. The smallest absolute Gasteiger partial charge is 0.338 e. The molecule has 1 atom stereocenters. The van der Waals surface area contributed by atoms with Gasteiger partial charge in [-0.1, -0.05) is 29.8 Å². The number of hydrogen-bond acceptors (Lipinski definition) is 4. The Kier molecular flexibility index (Phi) is 5.26. The fraction of sp³-hybridized carbons (Fsp3) is 0.286. The molecule has 0 radical (unpaired) electrons. The molecule has 2 aromatic rings. The van der Waals surface area contributed by atoms with Crippen LogP contribution in [-0.2, 0) is 14.3 Å². The van der Waals surface area contributed by atoms with Crippen LogP contribution in [0.25, 0.3) is 0 Å². The number of para-hydroxylation sites is 2. The highest BCUT2D eigenvalue weighted by Crippen LogP contribution is 2.31. The van der Waals surface area contributed by atoms with Crippen LogP contribution in [0.3, 0.4) is 0 Å². The van der Waals surface area contributed by atoms with Crippen LogP contribution in [0.2, 0.25) is 0 Å². The van der Waals surface area contributed by atoms with Gasteiger partial charge in [-0.15, -0.1) is 0 Å². The average molecular weight is 366 g/mol. The van der Waals surface area contributed by atoms with Crippen LogP contribution in [0, 0.1) is 13.8 Å². The number of anilines is 2. The Bertz CT molecular complexity index is 907. The second kappa shape index (κ2) is 7.61. The fourth-order valence-corrected chi connectivity index (χ4v) is 3.29. The minimum Gasteiger partial charge on any atom is -0.452 e. The summed E-state index contributed by atoms with van der Waals surface area (Å²) in [5, 5.41) is 2.80. The molecule has 140 valence electrons. The van der Waals surface area contributed by atoms with Crippen LogP contribution < -0.4 is 10.2 Å². The van der Waals surface area contributed by atoms with E-state index in [9.17, 15) is 14.4 Å². The summed E-state index contributed by atoms with van der Waals surface area (Å²) in [4.78, 5) is 38.7. The van der Waals surface area contributed by atoms with Gasteiger partial charge in [-0.05, 0) is 44.5 Å². The van der Waals surface area contributed by atoms with Crippen molar-refractivity contribution in [2.24, 2.45) is 0 Å². The zero-order chi connectivity index (χ0) is 19.6. The molecule has 0 aliphatic carbocycles. The number of nitrogens with zero attached hydrogens (tertiary/aromatic N) is 1. The standard InChI is InChI=1S/C21H22N2O4/c1-13-8-9-16(14(2)10-13)21(26)27-12-20(25)23-15(3)11-19(24)22-17-6-4-5-7-18(17)23/h4-10,15H,11-12H2,1-3H3,(H,22,24)/t15-/m0/s1. The SMILES string of the molecule is Cc1ccc(C(=O)OCC(=O)N2c3ccccc3NC(=O)C[C@@H]2C)c(C)c1. The van der Waals surface area contributed by atoms with Crippen LogP contribution in [0.15, 0.2) is 42.5 Å². The number of ether oxygens (including phenoxy) is 1. The Morgan fingerprint density at radius 3 is 2.67 bits per heavy atom. The number of fused-ring (bicyclic) bond motifs is 1. The molecule has 1 aliphatic rings. The Labute approximate surface area is 158 Å². The predicted octanol–water partition coefficient (Wildman–Crippen LogP) is 3.22. The van der Waals surface area contributed by atoms with E-state index >= 15 is 0 Å². The molecule has 1 aliphatic heterocycles. The maximum atomic E-state index is 12.8. The van der Waals surface area contributed by atoms with E-state index in [2.05, 4.69) is 5.32 Å². The van der Waals surface area contributed by atoms with Crippen LogP contribution in [0.5, 0.6) is 0 Å². The number of esters is 1. The van der Waals surface area contributed by atoms with E-state index in [1.807, 2.05) is 26.0 Å². The van der Waals surface area contributed by atoms with E-state index in [0.29, 0.717) is 16.9 Å². The lowest BCUT2D eigenvalue weighted by Crippen LogP contribution is -2.41. The van der Waals surface area contributed by atoms with E-state index in [1.54, 1.807) is 37.3 Å². The Morgan fingerprint density at radius 1 is 1.19 bits per heavy atom. The van der Waals surface area contributed by atoms with Gasteiger partial charge in [0.1, 0.15) is 0 Å². The third-order valence-corrected chi connectivity index (χ3v) is 4.56. The lowest BCUT2D eigenvalue weighted by atomic mass is 10.1. The number of nitrogens with one attached hydrogen (secondary N) is 1. The van der Waals surface area contributed by atoms with Gasteiger partial charge in [-0.3, -0.25) is 9.59 Å². The van der Waals surface area contributed by atoms with E-state index in [-0.39, 0.29) is 30.9 Å². The molecule has 0 saturated carbocycles. The summed E-state index contributed by atoms with van der Waals surface area (Å²) in [6.45, 7) is 5.18. The molecular formula is C21H22N2O4. The molecule has 0 spiro atoms. The van der Waals surface area contributed by atoms with Crippen molar-refractivity contribution in [3.63, 3.8) is 0 Å². The van der Waals surface area contributed by atoms with Gasteiger partial charge in [-0.25, -0.2) is 4.79 Å². The van der Waals surface area contributed by atoms with E-state index in [0.717, 1.165) is 11.1 Å². The summed E-state index contributed by atoms with van der Waals surface area (Å²) in [7, 11) is 0. The second-order valence-electron chi connectivity index (χ2n) is 6.78. The maximum Gasteiger partial charge on any atom is 0.338 e. The summed E-state index contributed by atoms with van der Waals surface area (Å²) in [5.41, 5.74) is 3.46. The summed E-state index contributed by atoms with van der Waals surface area (Å²) < 4.78 is 5.26. The van der Waals surface area contributed by atoms with Crippen LogP contribution in [0.4, 0.5) is 11.4 Å². The number of carbonyl (C=O) groups is 3. The summed E-state index contributed by atoms with van der Waals surface area (Å²) in [6.07, 6.45) is 0.172. The molecule has 27 heavy (non-hydrogen) atoms. The predicted molar refractivity (Wildman–Crippen MR) is 103 cm³/mol. The molecule has 0 fully saturated rings. The average Bonchev–Trinajstić information content (AvgIpc) is 2.73. The molecule has 2 aromatic carbocycles. The van der Waals surface area contributed by atoms with E-state index in [1.165, 1.54) is 4.90 Å². The van der Waals surface area contributed by atoms with Crippen LogP contribution in [0.1, 0.15) is 34.8 Å². The zero-order valence-corrected chi connectivity index (χ0v) is 15.6. The molecule has 3 rings (SSSR count). The summed E-state index contributed by atoms with van der Waals surface area (Å²) in [5.74, 6) is -1.06. The first-order chi connectivity index (χ1) is 12.9. The Balaban J connectivity index is 1.77. The monoisotopic (exact) mass is 366 g/mol. The molecule has 0 unspecified atom stereocenters. The number of benzene rings is 2. The minimum atomic E-state index is -0.536. The topological polar surface area (TPSA) is 75.7 Å². The highest BCUT2D eigenvalue weighted by molar-refractivity contribution is 6.05. The van der Waals surface area contributed by atoms with Gasteiger partial charge >= 0.3 is 5.97 Å². The molecule has 0 bridgehead atoms. The zero-order valence-electron chi connectivity index (χ0n) is 15.6.